The van der Waals surface area contributed by atoms with Crippen LogP contribution in [-0.4, -0.2) is 15.3 Å². The molecular formula is C40H29N3. The monoisotopic (exact) mass is 551 g/mol. The highest BCUT2D eigenvalue weighted by Gasteiger charge is 2.21. The number of aromatic nitrogens is 2. The summed E-state index contributed by atoms with van der Waals surface area (Å²) in [6, 6.07) is 51.4. The Bertz CT molecular complexity index is 2150. The SMILES string of the molecule is Cc1ccc(-c2ccc(-n3c(-c4ccccc4)nc4ccccc43)cc2)cc1/N=C1\Cc2ccccc2-c2ccccc21. The van der Waals surface area contributed by atoms with Gasteiger partial charge in [-0.3, -0.25) is 9.56 Å². The Morgan fingerprint density at radius 1 is 0.581 bits per heavy atom. The number of imidazole rings is 1. The van der Waals surface area contributed by atoms with Gasteiger partial charge < -0.3 is 0 Å². The van der Waals surface area contributed by atoms with Crippen molar-refractivity contribution in [2.45, 2.75) is 13.3 Å². The van der Waals surface area contributed by atoms with Crippen LogP contribution in [-0.2, 0) is 6.42 Å². The molecule has 7 aromatic rings. The third-order valence-corrected chi connectivity index (χ3v) is 8.42. The molecule has 3 heteroatoms. The van der Waals surface area contributed by atoms with Crippen molar-refractivity contribution in [3.05, 3.63) is 162 Å². The maximum atomic E-state index is 5.29. The Morgan fingerprint density at radius 2 is 1.26 bits per heavy atom. The Kier molecular flexibility index (Phi) is 6.08. The van der Waals surface area contributed by atoms with E-state index in [0.29, 0.717) is 0 Å². The van der Waals surface area contributed by atoms with Gasteiger partial charge in [0.15, 0.2) is 0 Å². The van der Waals surface area contributed by atoms with Gasteiger partial charge in [-0.2, -0.15) is 0 Å². The molecule has 0 spiro atoms. The molecule has 204 valence electrons. The number of fused-ring (bicyclic) bond motifs is 4. The lowest BCUT2D eigenvalue weighted by molar-refractivity contribution is 1.10. The molecule has 0 radical (unpaired) electrons. The zero-order chi connectivity index (χ0) is 28.8. The first-order valence-corrected chi connectivity index (χ1v) is 14.7. The van der Waals surface area contributed by atoms with Gasteiger partial charge in [-0.1, -0.05) is 115 Å². The number of rotatable bonds is 4. The number of nitrogens with zero attached hydrogens (tertiary/aromatic N) is 3. The molecule has 43 heavy (non-hydrogen) atoms. The minimum absolute atomic E-state index is 0.828. The Balaban J connectivity index is 1.18. The van der Waals surface area contributed by atoms with Gasteiger partial charge in [0.05, 0.1) is 22.4 Å². The molecule has 0 aliphatic heterocycles. The van der Waals surface area contributed by atoms with E-state index in [1.165, 1.54) is 27.8 Å². The average molecular weight is 552 g/mol. The summed E-state index contributed by atoms with van der Waals surface area (Å²) in [5, 5.41) is 0. The lowest BCUT2D eigenvalue weighted by Gasteiger charge is -2.21. The van der Waals surface area contributed by atoms with Crippen LogP contribution in [0.5, 0.6) is 0 Å². The number of hydrogen-bond acceptors (Lipinski definition) is 2. The van der Waals surface area contributed by atoms with Crippen LogP contribution in [0.3, 0.4) is 0 Å². The van der Waals surface area contributed by atoms with Crippen molar-refractivity contribution in [1.29, 1.82) is 0 Å². The van der Waals surface area contributed by atoms with Crippen LogP contribution >= 0.6 is 0 Å². The first-order chi connectivity index (χ1) is 21.2. The topological polar surface area (TPSA) is 30.2 Å². The largest absolute Gasteiger partial charge is 0.292 e. The maximum Gasteiger partial charge on any atom is 0.145 e. The van der Waals surface area contributed by atoms with Crippen molar-refractivity contribution in [3.63, 3.8) is 0 Å². The predicted octanol–water partition coefficient (Wildman–Crippen LogP) is 10.0. The summed E-state index contributed by atoms with van der Waals surface area (Å²) in [6.45, 7) is 2.14. The summed E-state index contributed by atoms with van der Waals surface area (Å²) < 4.78 is 2.25. The Hall–Kier alpha value is -5.54. The number of benzene rings is 6. The van der Waals surface area contributed by atoms with E-state index < -0.39 is 0 Å². The summed E-state index contributed by atoms with van der Waals surface area (Å²) in [6.07, 6.45) is 0.828. The highest BCUT2D eigenvalue weighted by Crippen LogP contribution is 2.36. The van der Waals surface area contributed by atoms with E-state index in [4.69, 9.17) is 9.98 Å². The van der Waals surface area contributed by atoms with Gasteiger partial charge in [0, 0.05) is 23.2 Å². The summed E-state index contributed by atoms with van der Waals surface area (Å²) in [5.41, 5.74) is 15.0. The fourth-order valence-electron chi connectivity index (χ4n) is 6.21. The van der Waals surface area contributed by atoms with E-state index in [1.807, 2.05) is 12.1 Å². The summed E-state index contributed by atoms with van der Waals surface area (Å²) in [7, 11) is 0. The first-order valence-electron chi connectivity index (χ1n) is 14.7. The highest BCUT2D eigenvalue weighted by molar-refractivity contribution is 6.11. The van der Waals surface area contributed by atoms with E-state index in [-0.39, 0.29) is 0 Å². The van der Waals surface area contributed by atoms with Gasteiger partial charge in [0.1, 0.15) is 5.82 Å². The lowest BCUT2D eigenvalue weighted by atomic mass is 9.84. The van der Waals surface area contributed by atoms with Crippen molar-refractivity contribution >= 4 is 22.4 Å². The van der Waals surface area contributed by atoms with E-state index >= 15 is 0 Å². The standard InChI is InChI=1S/C40H29N3/c1-27-19-20-30(25-37(27)41-38-26-31-13-5-6-14-33(31)34-15-7-8-16-35(34)38)28-21-23-32(24-22-28)43-39-18-10-9-17-36(39)42-40(43)29-11-3-2-4-12-29/h2-25H,26H2,1H3/b41-38+. The third kappa shape index (κ3) is 4.47. The molecule has 0 saturated carbocycles. The fraction of sp³-hybridized carbons (Fsp3) is 0.0500. The van der Waals surface area contributed by atoms with Crippen molar-refractivity contribution < 1.29 is 0 Å². The van der Waals surface area contributed by atoms with Crippen LogP contribution < -0.4 is 0 Å². The molecule has 0 saturated heterocycles. The quantitative estimate of drug-likeness (QED) is 0.214. The summed E-state index contributed by atoms with van der Waals surface area (Å²) in [4.78, 5) is 10.3. The normalized spacial score (nSPS) is 13.2. The van der Waals surface area contributed by atoms with Gasteiger partial charge >= 0.3 is 0 Å². The van der Waals surface area contributed by atoms with Gasteiger partial charge in [-0.15, -0.1) is 0 Å². The molecule has 0 bridgehead atoms. The second-order valence-corrected chi connectivity index (χ2v) is 11.1. The molecule has 0 amide bonds. The van der Waals surface area contributed by atoms with Gasteiger partial charge in [0.2, 0.25) is 0 Å². The lowest BCUT2D eigenvalue weighted by Crippen LogP contribution is -2.13. The highest BCUT2D eigenvalue weighted by atomic mass is 15.1. The van der Waals surface area contributed by atoms with Crippen molar-refractivity contribution in [3.8, 4) is 39.3 Å². The van der Waals surface area contributed by atoms with Crippen LogP contribution in [0.15, 0.2) is 151 Å². The van der Waals surface area contributed by atoms with E-state index in [0.717, 1.165) is 57.1 Å². The second-order valence-electron chi connectivity index (χ2n) is 11.1. The number of aryl methyl sites for hydroxylation is 1. The molecule has 0 atom stereocenters. The predicted molar refractivity (Wildman–Crippen MR) is 178 cm³/mol. The first kappa shape index (κ1) is 25.2. The minimum atomic E-state index is 0.828. The zero-order valence-corrected chi connectivity index (χ0v) is 23.9. The van der Waals surface area contributed by atoms with Crippen LogP contribution in [0.25, 0.3) is 50.4 Å². The van der Waals surface area contributed by atoms with Crippen molar-refractivity contribution in [2.75, 3.05) is 0 Å². The van der Waals surface area contributed by atoms with Crippen molar-refractivity contribution in [2.24, 2.45) is 4.99 Å². The smallest absolute Gasteiger partial charge is 0.145 e. The molecule has 0 fully saturated rings. The van der Waals surface area contributed by atoms with E-state index in [1.54, 1.807) is 0 Å². The van der Waals surface area contributed by atoms with E-state index in [9.17, 15) is 0 Å². The molecular weight excluding hydrogens is 522 g/mol. The zero-order valence-electron chi connectivity index (χ0n) is 23.9. The molecule has 0 unspecified atom stereocenters. The summed E-state index contributed by atoms with van der Waals surface area (Å²) in [5.74, 6) is 0.942. The molecule has 1 heterocycles. The number of aliphatic imine (C=N–C) groups is 1. The molecule has 8 rings (SSSR count). The van der Waals surface area contributed by atoms with Crippen molar-refractivity contribution in [1.82, 2.24) is 9.55 Å². The molecule has 3 nitrogen and oxygen atoms in total. The van der Waals surface area contributed by atoms with Crippen LogP contribution in [0.4, 0.5) is 5.69 Å². The van der Waals surface area contributed by atoms with Crippen LogP contribution in [0.1, 0.15) is 16.7 Å². The molecule has 1 aliphatic carbocycles. The number of hydrogen-bond donors (Lipinski definition) is 0. The van der Waals surface area contributed by atoms with Gasteiger partial charge in [0.25, 0.3) is 0 Å². The molecule has 1 aliphatic rings. The minimum Gasteiger partial charge on any atom is -0.292 e. The molecule has 0 N–H and O–H groups in total. The van der Waals surface area contributed by atoms with Crippen LogP contribution in [0.2, 0.25) is 0 Å². The van der Waals surface area contributed by atoms with Gasteiger partial charge in [-0.25, -0.2) is 4.98 Å². The maximum absolute atomic E-state index is 5.29. The Morgan fingerprint density at radius 3 is 2.09 bits per heavy atom. The van der Waals surface area contributed by atoms with E-state index in [2.05, 4.69) is 145 Å². The average Bonchev–Trinajstić information content (AvgIpc) is 3.46. The fourth-order valence-corrected chi connectivity index (χ4v) is 6.21. The molecule has 6 aromatic carbocycles. The molecule has 1 aromatic heterocycles. The Labute approximate surface area is 251 Å². The van der Waals surface area contributed by atoms with Crippen LogP contribution in [0, 0.1) is 6.92 Å². The third-order valence-electron chi connectivity index (χ3n) is 8.42. The summed E-state index contributed by atoms with van der Waals surface area (Å²) >= 11 is 0. The van der Waals surface area contributed by atoms with Gasteiger partial charge in [-0.05, 0) is 70.6 Å². The number of para-hydroxylation sites is 2. The second kappa shape index (κ2) is 10.4.